The molecule has 0 spiro atoms. The first-order valence-corrected chi connectivity index (χ1v) is 8.77. The molecule has 4 nitrogen and oxygen atoms in total. The lowest BCUT2D eigenvalue weighted by molar-refractivity contribution is -0.133. The summed E-state index contributed by atoms with van der Waals surface area (Å²) in [7, 11) is 0. The van der Waals surface area contributed by atoms with E-state index in [4.69, 9.17) is 10.5 Å². The fourth-order valence-corrected chi connectivity index (χ4v) is 2.95. The fourth-order valence-electron chi connectivity index (χ4n) is 2.95. The van der Waals surface area contributed by atoms with Gasteiger partial charge in [-0.3, -0.25) is 4.79 Å². The maximum Gasteiger partial charge on any atom is 0.226 e. The van der Waals surface area contributed by atoms with Gasteiger partial charge >= 0.3 is 0 Å². The van der Waals surface area contributed by atoms with Crippen LogP contribution in [-0.4, -0.2) is 30.2 Å². The highest BCUT2D eigenvalue weighted by Crippen LogP contribution is 2.33. The second kappa shape index (κ2) is 7.98. The standard InChI is InChI=1S/C19H40N2O2/c1-16(2,3)14-17(4,5)15(22)21-18(6,7)11-13-23-19(8,9)10-12-20/h10-14,20H2,1-9H3,(H,21,22). The van der Waals surface area contributed by atoms with E-state index in [0.29, 0.717) is 13.2 Å². The summed E-state index contributed by atoms with van der Waals surface area (Å²) in [5.41, 5.74) is 4.85. The average molecular weight is 329 g/mol. The third-order valence-electron chi connectivity index (χ3n) is 4.01. The number of amides is 1. The van der Waals surface area contributed by atoms with E-state index in [1.165, 1.54) is 0 Å². The van der Waals surface area contributed by atoms with Crippen molar-refractivity contribution in [1.82, 2.24) is 5.32 Å². The molecule has 138 valence electrons. The predicted octanol–water partition coefficient (Wildman–Crippen LogP) is 3.88. The quantitative estimate of drug-likeness (QED) is 0.675. The van der Waals surface area contributed by atoms with Crippen LogP contribution in [0.1, 0.15) is 81.6 Å². The number of carbonyl (C=O) groups is 1. The van der Waals surface area contributed by atoms with Gasteiger partial charge in [0.15, 0.2) is 0 Å². The monoisotopic (exact) mass is 328 g/mol. The Kier molecular flexibility index (Phi) is 7.76. The summed E-state index contributed by atoms with van der Waals surface area (Å²) in [4.78, 5) is 12.7. The van der Waals surface area contributed by atoms with Crippen LogP contribution in [0.15, 0.2) is 0 Å². The molecule has 0 rings (SSSR count). The van der Waals surface area contributed by atoms with Crippen molar-refractivity contribution in [3.63, 3.8) is 0 Å². The zero-order chi connectivity index (χ0) is 18.5. The minimum Gasteiger partial charge on any atom is -0.375 e. The normalized spacial score (nSPS) is 14.0. The number of nitrogens with one attached hydrogen (secondary N) is 1. The number of ether oxygens (including phenoxy) is 1. The number of nitrogens with two attached hydrogens (primary N) is 1. The molecule has 3 N–H and O–H groups in total. The van der Waals surface area contributed by atoms with Gasteiger partial charge in [-0.05, 0) is 58.9 Å². The summed E-state index contributed by atoms with van der Waals surface area (Å²) in [6.07, 6.45) is 2.46. The Morgan fingerprint density at radius 2 is 1.48 bits per heavy atom. The van der Waals surface area contributed by atoms with Gasteiger partial charge in [0.2, 0.25) is 5.91 Å². The molecule has 0 bridgehead atoms. The van der Waals surface area contributed by atoms with E-state index in [2.05, 4.69) is 53.8 Å². The lowest BCUT2D eigenvalue weighted by Crippen LogP contribution is -2.50. The summed E-state index contributed by atoms with van der Waals surface area (Å²) in [5.74, 6) is 0.110. The first-order chi connectivity index (χ1) is 10.1. The molecule has 0 heterocycles. The van der Waals surface area contributed by atoms with Gasteiger partial charge in [-0.2, -0.15) is 0 Å². The van der Waals surface area contributed by atoms with E-state index in [-0.39, 0.29) is 27.9 Å². The molecular weight excluding hydrogens is 288 g/mol. The van der Waals surface area contributed by atoms with Crippen molar-refractivity contribution in [1.29, 1.82) is 0 Å². The van der Waals surface area contributed by atoms with Gasteiger partial charge in [0.05, 0.1) is 5.60 Å². The largest absolute Gasteiger partial charge is 0.375 e. The third kappa shape index (κ3) is 9.98. The zero-order valence-electron chi connectivity index (χ0n) is 16.9. The summed E-state index contributed by atoms with van der Waals surface area (Å²) in [5, 5.41) is 3.19. The maximum absolute atomic E-state index is 12.7. The third-order valence-corrected chi connectivity index (χ3v) is 4.01. The van der Waals surface area contributed by atoms with Crippen molar-refractivity contribution >= 4 is 5.91 Å². The molecule has 0 saturated heterocycles. The molecule has 0 aliphatic heterocycles. The predicted molar refractivity (Wildman–Crippen MR) is 98.4 cm³/mol. The number of carbonyl (C=O) groups excluding carboxylic acids is 1. The van der Waals surface area contributed by atoms with Crippen LogP contribution in [0.3, 0.4) is 0 Å². The van der Waals surface area contributed by atoms with Gasteiger partial charge in [0, 0.05) is 17.6 Å². The van der Waals surface area contributed by atoms with Crippen LogP contribution in [0.5, 0.6) is 0 Å². The van der Waals surface area contributed by atoms with E-state index < -0.39 is 0 Å². The summed E-state index contributed by atoms with van der Waals surface area (Å²) in [6.45, 7) is 20.0. The molecule has 0 unspecified atom stereocenters. The zero-order valence-corrected chi connectivity index (χ0v) is 16.9. The Bertz CT molecular complexity index is 379. The van der Waals surface area contributed by atoms with E-state index in [1.807, 2.05) is 13.8 Å². The molecule has 0 aliphatic rings. The van der Waals surface area contributed by atoms with Crippen molar-refractivity contribution in [3.8, 4) is 0 Å². The van der Waals surface area contributed by atoms with Gasteiger partial charge in [-0.15, -0.1) is 0 Å². The molecule has 0 aromatic heterocycles. The summed E-state index contributed by atoms with van der Waals surface area (Å²) in [6, 6.07) is 0. The van der Waals surface area contributed by atoms with Crippen LogP contribution in [0, 0.1) is 10.8 Å². The van der Waals surface area contributed by atoms with Crippen molar-refractivity contribution in [2.24, 2.45) is 16.6 Å². The van der Waals surface area contributed by atoms with E-state index in [9.17, 15) is 4.79 Å². The van der Waals surface area contributed by atoms with E-state index >= 15 is 0 Å². The van der Waals surface area contributed by atoms with Crippen LogP contribution in [0.25, 0.3) is 0 Å². The Labute approximate surface area is 143 Å². The molecule has 4 heteroatoms. The first kappa shape index (κ1) is 22.4. The minimum atomic E-state index is -0.380. The second-order valence-corrected chi connectivity index (χ2v) is 9.86. The SMILES string of the molecule is CC(C)(C)CC(C)(C)C(=O)NC(C)(C)CCOC(C)(C)CCN. The molecule has 0 atom stereocenters. The van der Waals surface area contributed by atoms with Crippen LogP contribution in [0.4, 0.5) is 0 Å². The average Bonchev–Trinajstić information content (AvgIpc) is 2.23. The molecule has 0 radical (unpaired) electrons. The maximum atomic E-state index is 12.7. The molecule has 1 amide bonds. The van der Waals surface area contributed by atoms with Crippen LogP contribution >= 0.6 is 0 Å². The van der Waals surface area contributed by atoms with Gasteiger partial charge < -0.3 is 15.8 Å². The molecule has 0 fully saturated rings. The Balaban J connectivity index is 4.53. The van der Waals surface area contributed by atoms with Crippen LogP contribution in [-0.2, 0) is 9.53 Å². The van der Waals surface area contributed by atoms with Crippen molar-refractivity contribution in [3.05, 3.63) is 0 Å². The first-order valence-electron chi connectivity index (χ1n) is 8.77. The lowest BCUT2D eigenvalue weighted by Gasteiger charge is -2.36. The fraction of sp³-hybridized carbons (Fsp3) is 0.947. The Morgan fingerprint density at radius 1 is 0.957 bits per heavy atom. The number of hydrogen-bond donors (Lipinski definition) is 2. The Hall–Kier alpha value is -0.610. The minimum absolute atomic E-state index is 0.110. The molecular formula is C19H40N2O2. The lowest BCUT2D eigenvalue weighted by atomic mass is 9.75. The van der Waals surface area contributed by atoms with Crippen molar-refractivity contribution < 1.29 is 9.53 Å². The molecule has 0 aromatic rings. The van der Waals surface area contributed by atoms with Gasteiger partial charge in [-0.1, -0.05) is 34.6 Å². The highest BCUT2D eigenvalue weighted by atomic mass is 16.5. The Morgan fingerprint density at radius 3 is 1.91 bits per heavy atom. The summed E-state index contributed by atoms with van der Waals surface area (Å²) >= 11 is 0. The van der Waals surface area contributed by atoms with E-state index in [0.717, 1.165) is 19.3 Å². The van der Waals surface area contributed by atoms with Crippen molar-refractivity contribution in [2.45, 2.75) is 92.7 Å². The molecule has 0 saturated carbocycles. The van der Waals surface area contributed by atoms with Gasteiger partial charge in [-0.25, -0.2) is 0 Å². The smallest absolute Gasteiger partial charge is 0.226 e. The highest BCUT2D eigenvalue weighted by molar-refractivity contribution is 5.82. The molecule has 0 aliphatic carbocycles. The van der Waals surface area contributed by atoms with Crippen molar-refractivity contribution in [2.75, 3.05) is 13.2 Å². The number of rotatable bonds is 9. The topological polar surface area (TPSA) is 64.3 Å². The van der Waals surface area contributed by atoms with Gasteiger partial charge in [0.25, 0.3) is 0 Å². The van der Waals surface area contributed by atoms with Crippen LogP contribution in [0.2, 0.25) is 0 Å². The second-order valence-electron chi connectivity index (χ2n) is 9.86. The number of hydrogen-bond acceptors (Lipinski definition) is 3. The van der Waals surface area contributed by atoms with Gasteiger partial charge in [0.1, 0.15) is 0 Å². The highest BCUT2D eigenvalue weighted by Gasteiger charge is 2.35. The molecule has 0 aromatic carbocycles. The van der Waals surface area contributed by atoms with Crippen LogP contribution < -0.4 is 11.1 Å². The molecule has 23 heavy (non-hydrogen) atoms. The summed E-state index contributed by atoms with van der Waals surface area (Å²) < 4.78 is 5.92. The van der Waals surface area contributed by atoms with E-state index in [1.54, 1.807) is 0 Å².